The number of halogens is 8. The highest BCUT2D eigenvalue weighted by Crippen LogP contribution is 2.45. The molecule has 0 spiro atoms. The van der Waals surface area contributed by atoms with Gasteiger partial charge in [0.15, 0.2) is 0 Å². The lowest BCUT2D eigenvalue weighted by atomic mass is 9.82. The van der Waals surface area contributed by atoms with Gasteiger partial charge in [-0.25, -0.2) is 0 Å². The van der Waals surface area contributed by atoms with Crippen molar-refractivity contribution in [2.45, 2.75) is 54.2 Å². The fourth-order valence-corrected chi connectivity index (χ4v) is 5.90. The van der Waals surface area contributed by atoms with Gasteiger partial charge in [-0.15, -0.1) is 23.2 Å². The van der Waals surface area contributed by atoms with E-state index < -0.39 is 39.6 Å². The standard InChI is InChI=1S/C33H28Cl2F6/c34-31(35,21-27(17-23-9-3-1-4-10-23)25-13-7-15-29(19-25)32(36,37)38)22-28(18-24-11-5-2-6-12-24)26-14-8-16-30(20-26)33(39,40)41/h1-16,19-20,27-28H,17-18,21-22H2. The second-order valence-electron chi connectivity index (χ2n) is 10.3. The first-order valence-corrected chi connectivity index (χ1v) is 13.9. The van der Waals surface area contributed by atoms with Crippen molar-refractivity contribution in [2.24, 2.45) is 0 Å². The van der Waals surface area contributed by atoms with Crippen LogP contribution in [-0.2, 0) is 25.2 Å². The second-order valence-corrected chi connectivity index (χ2v) is 11.9. The number of hydrogen-bond donors (Lipinski definition) is 0. The van der Waals surface area contributed by atoms with Crippen molar-refractivity contribution in [3.05, 3.63) is 143 Å². The van der Waals surface area contributed by atoms with Gasteiger partial charge in [0, 0.05) is 0 Å². The van der Waals surface area contributed by atoms with E-state index in [-0.39, 0.29) is 12.8 Å². The molecule has 0 N–H and O–H groups in total. The highest BCUT2D eigenvalue weighted by atomic mass is 35.5. The van der Waals surface area contributed by atoms with Crippen molar-refractivity contribution in [2.75, 3.05) is 0 Å². The lowest BCUT2D eigenvalue weighted by molar-refractivity contribution is -0.138. The predicted molar refractivity (Wildman–Crippen MR) is 152 cm³/mol. The third-order valence-electron chi connectivity index (χ3n) is 7.11. The summed E-state index contributed by atoms with van der Waals surface area (Å²) in [5.41, 5.74) is 1.14. The SMILES string of the molecule is FC(F)(F)c1cccc(C(Cc2ccccc2)CC(Cl)(Cl)CC(Cc2ccccc2)c2cccc(C(F)(F)F)c2)c1. The fraction of sp³-hybridized carbons (Fsp3) is 0.273. The van der Waals surface area contributed by atoms with Gasteiger partial charge in [-0.2, -0.15) is 26.3 Å². The Morgan fingerprint density at radius 3 is 1.20 bits per heavy atom. The monoisotopic (exact) mass is 608 g/mol. The first-order chi connectivity index (χ1) is 19.3. The number of benzene rings is 4. The smallest absolute Gasteiger partial charge is 0.166 e. The molecule has 0 aliphatic rings. The lowest BCUT2D eigenvalue weighted by Crippen LogP contribution is -2.23. The van der Waals surface area contributed by atoms with Gasteiger partial charge in [0.1, 0.15) is 4.33 Å². The van der Waals surface area contributed by atoms with E-state index in [0.29, 0.717) is 24.0 Å². The summed E-state index contributed by atoms with van der Waals surface area (Å²) < 4.78 is 79.8. The molecule has 4 aromatic rings. The fourth-order valence-electron chi connectivity index (χ4n) is 5.16. The maximum absolute atomic E-state index is 13.5. The molecule has 4 aromatic carbocycles. The average molecular weight is 609 g/mol. The lowest BCUT2D eigenvalue weighted by Gasteiger charge is -2.31. The van der Waals surface area contributed by atoms with Gasteiger partial charge in [0.05, 0.1) is 11.1 Å². The molecule has 8 heteroatoms. The number of rotatable bonds is 10. The summed E-state index contributed by atoms with van der Waals surface area (Å²) in [5.74, 6) is -0.956. The highest BCUT2D eigenvalue weighted by molar-refractivity contribution is 6.48. The van der Waals surface area contributed by atoms with Crippen LogP contribution in [0.15, 0.2) is 109 Å². The van der Waals surface area contributed by atoms with Crippen LogP contribution in [0.3, 0.4) is 0 Å². The van der Waals surface area contributed by atoms with Crippen LogP contribution in [0.5, 0.6) is 0 Å². The van der Waals surface area contributed by atoms with Crippen molar-refractivity contribution >= 4 is 23.2 Å². The third kappa shape index (κ3) is 9.01. The molecule has 0 saturated heterocycles. The van der Waals surface area contributed by atoms with Crippen LogP contribution in [0.2, 0.25) is 0 Å². The van der Waals surface area contributed by atoms with Crippen molar-refractivity contribution in [1.29, 1.82) is 0 Å². The molecule has 0 saturated carbocycles. The molecule has 0 amide bonds. The molecule has 0 aliphatic heterocycles. The summed E-state index contributed by atoms with van der Waals surface area (Å²) in [4.78, 5) is 0. The van der Waals surface area contributed by atoms with E-state index in [1.807, 2.05) is 60.7 Å². The van der Waals surface area contributed by atoms with Crippen LogP contribution in [0, 0.1) is 0 Å². The maximum Gasteiger partial charge on any atom is 0.416 e. The van der Waals surface area contributed by atoms with Crippen LogP contribution >= 0.6 is 23.2 Å². The summed E-state index contributed by atoms with van der Waals surface area (Å²) in [5, 5.41) is 0. The summed E-state index contributed by atoms with van der Waals surface area (Å²) in [6.45, 7) is 0. The van der Waals surface area contributed by atoms with Crippen molar-refractivity contribution in [3.8, 4) is 0 Å². The molecule has 216 valence electrons. The number of alkyl halides is 8. The second kappa shape index (κ2) is 12.9. The molecular weight excluding hydrogens is 581 g/mol. The summed E-state index contributed by atoms with van der Waals surface area (Å²) >= 11 is 13.9. The van der Waals surface area contributed by atoms with E-state index >= 15 is 0 Å². The van der Waals surface area contributed by atoms with Gasteiger partial charge in [0.2, 0.25) is 0 Å². The van der Waals surface area contributed by atoms with Crippen molar-refractivity contribution in [1.82, 2.24) is 0 Å². The van der Waals surface area contributed by atoms with Gasteiger partial charge in [0.25, 0.3) is 0 Å². The zero-order valence-corrected chi connectivity index (χ0v) is 23.4. The van der Waals surface area contributed by atoms with E-state index in [4.69, 9.17) is 23.2 Å². The molecule has 0 aliphatic carbocycles. The van der Waals surface area contributed by atoms with Crippen LogP contribution in [0.25, 0.3) is 0 Å². The molecule has 0 fully saturated rings. The van der Waals surface area contributed by atoms with Gasteiger partial charge in [-0.1, -0.05) is 97.1 Å². The third-order valence-corrected chi connectivity index (χ3v) is 7.73. The first kappa shape index (κ1) is 31.0. The molecule has 0 heterocycles. The molecule has 0 bridgehead atoms. The van der Waals surface area contributed by atoms with E-state index in [1.165, 1.54) is 12.1 Å². The summed E-state index contributed by atoms with van der Waals surface area (Å²) in [7, 11) is 0. The topological polar surface area (TPSA) is 0 Å². The minimum absolute atomic E-state index is 0.0938. The van der Waals surface area contributed by atoms with E-state index in [0.717, 1.165) is 35.4 Å². The Kier molecular flexibility index (Phi) is 9.76. The average Bonchev–Trinajstić information content (AvgIpc) is 2.92. The molecule has 0 nitrogen and oxygen atoms in total. The van der Waals surface area contributed by atoms with Gasteiger partial charge in [-0.3, -0.25) is 0 Å². The quantitative estimate of drug-likeness (QED) is 0.124. The Morgan fingerprint density at radius 1 is 0.488 bits per heavy atom. The molecule has 2 atom stereocenters. The Morgan fingerprint density at radius 2 is 0.854 bits per heavy atom. The van der Waals surface area contributed by atoms with Crippen LogP contribution < -0.4 is 0 Å². The van der Waals surface area contributed by atoms with Gasteiger partial charge >= 0.3 is 12.4 Å². The minimum atomic E-state index is -4.52. The molecular formula is C33H28Cl2F6. The summed E-state index contributed by atoms with van der Waals surface area (Å²) in [6, 6.07) is 28.8. The predicted octanol–water partition coefficient (Wildman–Crippen LogP) is 11.0. The Labute approximate surface area is 245 Å². The summed E-state index contributed by atoms with van der Waals surface area (Å²) in [6.07, 6.45) is -8.08. The van der Waals surface area contributed by atoms with Crippen molar-refractivity contribution < 1.29 is 26.3 Å². The van der Waals surface area contributed by atoms with Crippen LogP contribution in [-0.4, -0.2) is 4.33 Å². The Bertz CT molecular complexity index is 1290. The minimum Gasteiger partial charge on any atom is -0.166 e. The van der Waals surface area contributed by atoms with Crippen LogP contribution in [0.4, 0.5) is 26.3 Å². The highest BCUT2D eigenvalue weighted by Gasteiger charge is 2.36. The molecule has 0 aromatic heterocycles. The molecule has 0 radical (unpaired) electrons. The largest absolute Gasteiger partial charge is 0.416 e. The Balaban J connectivity index is 1.67. The van der Waals surface area contributed by atoms with E-state index in [2.05, 4.69) is 0 Å². The maximum atomic E-state index is 13.5. The molecule has 4 rings (SSSR count). The molecule has 41 heavy (non-hydrogen) atoms. The normalized spacial score (nSPS) is 14.0. The Hall–Kier alpha value is -2.96. The molecule has 2 unspecified atom stereocenters. The van der Waals surface area contributed by atoms with Crippen molar-refractivity contribution in [3.63, 3.8) is 0 Å². The van der Waals surface area contributed by atoms with E-state index in [9.17, 15) is 26.3 Å². The van der Waals surface area contributed by atoms with Gasteiger partial charge < -0.3 is 0 Å². The zero-order chi connectivity index (χ0) is 29.7. The number of hydrogen-bond acceptors (Lipinski definition) is 0. The van der Waals surface area contributed by atoms with Gasteiger partial charge in [-0.05, 0) is 71.9 Å². The zero-order valence-electron chi connectivity index (χ0n) is 21.9. The first-order valence-electron chi connectivity index (χ1n) is 13.1. The van der Waals surface area contributed by atoms with E-state index in [1.54, 1.807) is 12.1 Å². The van der Waals surface area contributed by atoms with Crippen LogP contribution in [0.1, 0.15) is 58.1 Å².